The minimum atomic E-state index is -1.44. The minimum absolute atomic E-state index is 0.153. The molecule has 3 N–H and O–H groups in total. The first kappa shape index (κ1) is 27.4. The van der Waals surface area contributed by atoms with Gasteiger partial charge in [-0.25, -0.2) is 4.79 Å². The number of H-pyrrole nitrogens is 1. The van der Waals surface area contributed by atoms with Gasteiger partial charge >= 0.3 is 5.69 Å². The van der Waals surface area contributed by atoms with Crippen molar-refractivity contribution >= 4 is 0 Å². The number of aliphatic hydroxyl groups is 2. The Bertz CT molecular complexity index is 1490. The number of hydrogen-bond acceptors (Lipinski definition) is 8. The maximum Gasteiger partial charge on any atom is 0.330 e. The third-order valence-electron chi connectivity index (χ3n) is 7.10. The second-order valence-electron chi connectivity index (χ2n) is 9.38. The van der Waals surface area contributed by atoms with Crippen molar-refractivity contribution in [3.05, 3.63) is 129 Å². The fourth-order valence-electron chi connectivity index (χ4n) is 5.01. The van der Waals surface area contributed by atoms with E-state index in [0.29, 0.717) is 11.5 Å². The smallest absolute Gasteiger partial charge is 0.330 e. The van der Waals surface area contributed by atoms with Crippen molar-refractivity contribution < 1.29 is 29.2 Å². The molecule has 208 valence electrons. The van der Waals surface area contributed by atoms with E-state index in [1.54, 1.807) is 14.2 Å². The highest BCUT2D eigenvalue weighted by molar-refractivity contribution is 5.49. The Balaban J connectivity index is 1.56. The molecule has 3 aromatic carbocycles. The van der Waals surface area contributed by atoms with Gasteiger partial charge in [-0.15, -0.1) is 0 Å². The number of ether oxygens (including phenoxy) is 4. The number of nitrogens with one attached hydrogen (secondary N) is 1. The summed E-state index contributed by atoms with van der Waals surface area (Å²) in [6, 6.07) is 25.7. The highest BCUT2D eigenvalue weighted by Gasteiger charge is 2.46. The van der Waals surface area contributed by atoms with E-state index < -0.39 is 41.4 Å². The lowest BCUT2D eigenvalue weighted by Gasteiger charge is -2.37. The molecule has 5 rings (SSSR count). The van der Waals surface area contributed by atoms with Crippen LogP contribution in [0.25, 0.3) is 0 Å². The summed E-state index contributed by atoms with van der Waals surface area (Å²) in [4.78, 5) is 26.0. The SMILES string of the molecule is COc1ccc(C(OC[C@H]2O[C@@H](n3ccc(=O)[nH]c3=O)[C@H](O)[C@@H]2O)(c2ccccc2)c2ccc(OC)cc2)cc1. The quantitative estimate of drug-likeness (QED) is 0.272. The Morgan fingerprint density at radius 1 is 0.800 bits per heavy atom. The van der Waals surface area contributed by atoms with E-state index in [1.165, 1.54) is 6.20 Å². The molecule has 10 heteroatoms. The molecule has 1 aromatic heterocycles. The van der Waals surface area contributed by atoms with Crippen LogP contribution in [0.4, 0.5) is 0 Å². The lowest BCUT2D eigenvalue weighted by atomic mass is 9.80. The van der Waals surface area contributed by atoms with Gasteiger partial charge in [-0.3, -0.25) is 14.3 Å². The topological polar surface area (TPSA) is 132 Å². The first-order valence-electron chi connectivity index (χ1n) is 12.7. The molecule has 0 bridgehead atoms. The van der Waals surface area contributed by atoms with Crippen LogP contribution in [0.2, 0.25) is 0 Å². The molecule has 0 amide bonds. The van der Waals surface area contributed by atoms with Crippen LogP contribution in [0.15, 0.2) is 101 Å². The van der Waals surface area contributed by atoms with E-state index >= 15 is 0 Å². The van der Waals surface area contributed by atoms with Gasteiger partial charge in [0.05, 0.1) is 20.8 Å². The second-order valence-corrected chi connectivity index (χ2v) is 9.38. The standard InChI is InChI=1S/C30H30N2O8/c1-37-22-12-8-20(9-13-22)30(19-6-4-3-5-7-19,21-10-14-23(38-2)15-11-21)39-18-24-26(34)27(35)28(40-24)32-17-16-25(33)31-29(32)36/h3-17,24,26-28,34-35H,18H2,1-2H3,(H,31,33,36)/t24-,26-,27-,28-/m1/s1. The molecule has 2 heterocycles. The van der Waals surface area contributed by atoms with E-state index in [-0.39, 0.29) is 6.61 Å². The summed E-state index contributed by atoms with van der Waals surface area (Å²) in [5, 5.41) is 21.7. The molecule has 10 nitrogen and oxygen atoms in total. The fourth-order valence-corrected chi connectivity index (χ4v) is 5.01. The summed E-state index contributed by atoms with van der Waals surface area (Å²) in [5.41, 5.74) is -0.133. The molecular weight excluding hydrogens is 516 g/mol. The van der Waals surface area contributed by atoms with E-state index in [0.717, 1.165) is 27.3 Å². The fraction of sp³-hybridized carbons (Fsp3) is 0.267. The molecule has 0 radical (unpaired) electrons. The third-order valence-corrected chi connectivity index (χ3v) is 7.10. The van der Waals surface area contributed by atoms with Gasteiger partial charge in [0.2, 0.25) is 0 Å². The summed E-state index contributed by atoms with van der Waals surface area (Å²) in [7, 11) is 3.18. The molecule has 1 aliphatic rings. The number of rotatable bonds is 9. The lowest BCUT2D eigenvalue weighted by molar-refractivity contribution is -0.0958. The molecule has 0 saturated carbocycles. The van der Waals surface area contributed by atoms with Gasteiger partial charge in [0.25, 0.3) is 5.56 Å². The van der Waals surface area contributed by atoms with Crippen molar-refractivity contribution in [3.8, 4) is 11.5 Å². The summed E-state index contributed by atoms with van der Waals surface area (Å²) in [6.45, 7) is -0.153. The highest BCUT2D eigenvalue weighted by atomic mass is 16.6. The van der Waals surface area contributed by atoms with E-state index in [4.69, 9.17) is 18.9 Å². The van der Waals surface area contributed by atoms with Crippen LogP contribution >= 0.6 is 0 Å². The zero-order valence-electron chi connectivity index (χ0n) is 22.0. The van der Waals surface area contributed by atoms with Gasteiger partial charge < -0.3 is 29.2 Å². The molecule has 1 fully saturated rings. The molecule has 0 unspecified atom stereocenters. The van der Waals surface area contributed by atoms with Crippen molar-refractivity contribution in [2.24, 2.45) is 0 Å². The number of nitrogens with zero attached hydrogens (tertiary/aromatic N) is 1. The monoisotopic (exact) mass is 546 g/mol. The summed E-state index contributed by atoms with van der Waals surface area (Å²) >= 11 is 0. The average molecular weight is 547 g/mol. The predicted octanol–water partition coefficient (Wildman–Crippen LogP) is 2.18. The van der Waals surface area contributed by atoms with Gasteiger partial charge in [-0.1, -0.05) is 54.6 Å². The highest BCUT2D eigenvalue weighted by Crippen LogP contribution is 2.42. The third kappa shape index (κ3) is 5.05. The van der Waals surface area contributed by atoms with Crippen LogP contribution in [0.1, 0.15) is 22.9 Å². The number of benzene rings is 3. The summed E-state index contributed by atoms with van der Waals surface area (Å²) < 4.78 is 24.5. The first-order valence-corrected chi connectivity index (χ1v) is 12.7. The van der Waals surface area contributed by atoms with E-state index in [2.05, 4.69) is 4.98 Å². The normalized spacial score (nSPS) is 20.8. The molecule has 4 aromatic rings. The molecule has 4 atom stereocenters. The molecule has 1 aliphatic heterocycles. The number of aliphatic hydroxyl groups excluding tert-OH is 2. The van der Waals surface area contributed by atoms with Crippen molar-refractivity contribution in [2.75, 3.05) is 20.8 Å². The van der Waals surface area contributed by atoms with Crippen LogP contribution in [0, 0.1) is 0 Å². The van der Waals surface area contributed by atoms with Gasteiger partial charge in [0.15, 0.2) is 6.23 Å². The predicted molar refractivity (Wildman–Crippen MR) is 146 cm³/mol. The molecule has 0 spiro atoms. The summed E-state index contributed by atoms with van der Waals surface area (Å²) in [6.07, 6.45) is -3.82. The number of aromatic nitrogens is 2. The van der Waals surface area contributed by atoms with Gasteiger partial charge in [-0.2, -0.15) is 0 Å². The van der Waals surface area contributed by atoms with E-state index in [1.807, 2.05) is 78.9 Å². The van der Waals surface area contributed by atoms with E-state index in [9.17, 15) is 19.8 Å². The maximum absolute atomic E-state index is 12.3. The Morgan fingerprint density at radius 3 is 1.88 bits per heavy atom. The van der Waals surface area contributed by atoms with Crippen molar-refractivity contribution in [2.45, 2.75) is 30.1 Å². The maximum atomic E-state index is 12.3. The van der Waals surface area contributed by atoms with Gasteiger partial charge in [-0.05, 0) is 41.0 Å². The van der Waals surface area contributed by atoms with Crippen LogP contribution in [0.5, 0.6) is 11.5 Å². The van der Waals surface area contributed by atoms with Crippen LogP contribution < -0.4 is 20.7 Å². The lowest BCUT2D eigenvalue weighted by Crippen LogP contribution is -2.40. The van der Waals surface area contributed by atoms with Crippen LogP contribution in [0.3, 0.4) is 0 Å². The number of aromatic amines is 1. The summed E-state index contributed by atoms with van der Waals surface area (Å²) in [5.74, 6) is 1.35. The second kappa shape index (κ2) is 11.5. The Hall–Kier alpha value is -4.22. The number of methoxy groups -OCH3 is 2. The molecule has 0 aliphatic carbocycles. The van der Waals surface area contributed by atoms with Gasteiger partial charge in [0, 0.05) is 12.3 Å². The largest absolute Gasteiger partial charge is 0.497 e. The molecule has 40 heavy (non-hydrogen) atoms. The molecular formula is C30H30N2O8. The Morgan fingerprint density at radius 2 is 1.35 bits per heavy atom. The number of hydrogen-bond donors (Lipinski definition) is 3. The zero-order valence-corrected chi connectivity index (χ0v) is 22.0. The van der Waals surface area contributed by atoms with Crippen molar-refractivity contribution in [1.82, 2.24) is 9.55 Å². The minimum Gasteiger partial charge on any atom is -0.497 e. The van der Waals surface area contributed by atoms with Crippen LogP contribution in [-0.4, -0.2) is 58.9 Å². The Labute approximate surface area is 230 Å². The first-order chi connectivity index (χ1) is 19.4. The zero-order chi connectivity index (χ0) is 28.3. The van der Waals surface area contributed by atoms with Crippen molar-refractivity contribution in [3.63, 3.8) is 0 Å². The average Bonchev–Trinajstić information content (AvgIpc) is 3.27. The Kier molecular flexibility index (Phi) is 7.85. The van der Waals surface area contributed by atoms with Crippen molar-refractivity contribution in [1.29, 1.82) is 0 Å². The van der Waals surface area contributed by atoms with Gasteiger partial charge in [0.1, 0.15) is 35.4 Å². The van der Waals surface area contributed by atoms with Crippen LogP contribution in [-0.2, 0) is 15.1 Å². The molecule has 1 saturated heterocycles.